The fourth-order valence-corrected chi connectivity index (χ4v) is 3.71. The van der Waals surface area contributed by atoms with Crippen LogP contribution < -0.4 is 10.2 Å². The van der Waals surface area contributed by atoms with Gasteiger partial charge in [0.2, 0.25) is 0 Å². The summed E-state index contributed by atoms with van der Waals surface area (Å²) in [5, 5.41) is 3.05. The van der Waals surface area contributed by atoms with Gasteiger partial charge >= 0.3 is 0 Å². The molecule has 0 bridgehead atoms. The molecule has 1 amide bonds. The van der Waals surface area contributed by atoms with Gasteiger partial charge in [0.1, 0.15) is 6.54 Å². The number of anilines is 1. The fraction of sp³-hybridized carbons (Fsp3) is 0.316. The van der Waals surface area contributed by atoms with Crippen LogP contribution in [0.15, 0.2) is 46.9 Å². The van der Waals surface area contributed by atoms with E-state index in [9.17, 15) is 4.79 Å². The lowest BCUT2D eigenvalue weighted by molar-refractivity contribution is -0.929. The van der Waals surface area contributed by atoms with E-state index in [2.05, 4.69) is 45.5 Å². The molecule has 4 heteroatoms. The van der Waals surface area contributed by atoms with Gasteiger partial charge in [-0.25, -0.2) is 0 Å². The van der Waals surface area contributed by atoms with E-state index in [1.807, 2.05) is 32.0 Å². The Bertz CT molecular complexity index is 729. The first kappa shape index (κ1) is 16.2. The minimum atomic E-state index is -0.0726. The second kappa shape index (κ2) is 6.85. The van der Waals surface area contributed by atoms with E-state index in [-0.39, 0.29) is 11.9 Å². The minimum absolute atomic E-state index is 0.0726. The molecule has 0 fully saturated rings. The van der Waals surface area contributed by atoms with E-state index < -0.39 is 0 Å². The Morgan fingerprint density at radius 1 is 1.22 bits per heavy atom. The van der Waals surface area contributed by atoms with Crippen molar-refractivity contribution in [3.05, 3.63) is 63.6 Å². The summed E-state index contributed by atoms with van der Waals surface area (Å²) in [7, 11) is 0. The maximum absolute atomic E-state index is 12.6. The van der Waals surface area contributed by atoms with Crippen LogP contribution in [0.4, 0.5) is 5.69 Å². The molecule has 0 saturated carbocycles. The first-order valence-electron chi connectivity index (χ1n) is 8.03. The van der Waals surface area contributed by atoms with Gasteiger partial charge < -0.3 is 10.2 Å². The second-order valence-electron chi connectivity index (χ2n) is 6.30. The molecule has 2 atom stereocenters. The lowest BCUT2D eigenvalue weighted by Crippen LogP contribution is -3.16. The largest absolute Gasteiger partial charge is 0.321 e. The van der Waals surface area contributed by atoms with E-state index in [0.29, 0.717) is 0 Å². The molecule has 1 heterocycles. The van der Waals surface area contributed by atoms with Gasteiger partial charge in [-0.15, -0.1) is 0 Å². The first-order chi connectivity index (χ1) is 11.0. The highest BCUT2D eigenvalue weighted by Gasteiger charge is 2.29. The second-order valence-corrected chi connectivity index (χ2v) is 7.15. The predicted molar refractivity (Wildman–Crippen MR) is 96.7 cm³/mol. The van der Waals surface area contributed by atoms with Crippen LogP contribution in [0, 0.1) is 6.92 Å². The lowest BCUT2D eigenvalue weighted by Gasteiger charge is -2.30. The highest BCUT2D eigenvalue weighted by Crippen LogP contribution is 2.23. The summed E-state index contributed by atoms with van der Waals surface area (Å²) in [4.78, 5) is 13.9. The molecule has 1 aliphatic heterocycles. The van der Waals surface area contributed by atoms with Crippen LogP contribution in [0.1, 0.15) is 23.6 Å². The van der Waals surface area contributed by atoms with E-state index in [1.54, 1.807) is 0 Å². The third-order valence-electron chi connectivity index (χ3n) is 4.64. The molecule has 0 saturated heterocycles. The van der Waals surface area contributed by atoms with Crippen LogP contribution in [-0.4, -0.2) is 18.5 Å². The predicted octanol–water partition coefficient (Wildman–Crippen LogP) is 2.73. The molecule has 23 heavy (non-hydrogen) atoms. The molecule has 2 N–H and O–H groups in total. The highest BCUT2D eigenvalue weighted by atomic mass is 79.9. The molecule has 0 aromatic heterocycles. The van der Waals surface area contributed by atoms with Gasteiger partial charge in [0.05, 0.1) is 12.2 Å². The Morgan fingerprint density at radius 2 is 1.96 bits per heavy atom. The van der Waals surface area contributed by atoms with Gasteiger partial charge in [0, 0.05) is 16.5 Å². The molecule has 1 aliphatic rings. The smallest absolute Gasteiger partial charge is 0.282 e. The van der Waals surface area contributed by atoms with Crippen molar-refractivity contribution in [1.82, 2.24) is 0 Å². The van der Waals surface area contributed by atoms with Crippen molar-refractivity contribution in [1.29, 1.82) is 0 Å². The SMILES string of the molecule is Cc1ccc(NC(=O)[C@H](C)[NH+]2CCc3ccccc3C2)c(Br)c1. The van der Waals surface area contributed by atoms with E-state index in [1.165, 1.54) is 21.6 Å². The Morgan fingerprint density at radius 3 is 2.70 bits per heavy atom. The zero-order valence-electron chi connectivity index (χ0n) is 13.5. The Labute approximate surface area is 145 Å². The average Bonchev–Trinajstić information content (AvgIpc) is 2.56. The molecule has 120 valence electrons. The van der Waals surface area contributed by atoms with Crippen molar-refractivity contribution in [3.8, 4) is 0 Å². The molecule has 0 aliphatic carbocycles. The van der Waals surface area contributed by atoms with Crippen LogP contribution in [0.25, 0.3) is 0 Å². The molecule has 3 rings (SSSR count). The van der Waals surface area contributed by atoms with Crippen LogP contribution >= 0.6 is 15.9 Å². The third kappa shape index (κ3) is 3.65. The van der Waals surface area contributed by atoms with Gasteiger partial charge in [-0.1, -0.05) is 30.3 Å². The summed E-state index contributed by atoms with van der Waals surface area (Å²) in [6.45, 7) is 5.97. The Balaban J connectivity index is 1.68. The Kier molecular flexibility index (Phi) is 4.83. The molecule has 0 spiro atoms. The number of amides is 1. The van der Waals surface area contributed by atoms with E-state index in [4.69, 9.17) is 0 Å². The minimum Gasteiger partial charge on any atom is -0.321 e. The maximum atomic E-state index is 12.6. The van der Waals surface area contributed by atoms with Crippen molar-refractivity contribution in [3.63, 3.8) is 0 Å². The molecule has 1 unspecified atom stereocenters. The number of aryl methyl sites for hydroxylation is 1. The van der Waals surface area contributed by atoms with Crippen molar-refractivity contribution in [2.75, 3.05) is 11.9 Å². The van der Waals surface area contributed by atoms with Crippen LogP contribution in [0.2, 0.25) is 0 Å². The monoisotopic (exact) mass is 373 g/mol. The molecule has 2 aromatic rings. The number of benzene rings is 2. The van der Waals surface area contributed by atoms with E-state index in [0.717, 1.165) is 29.7 Å². The van der Waals surface area contributed by atoms with Gasteiger partial charge in [-0.3, -0.25) is 4.79 Å². The zero-order valence-corrected chi connectivity index (χ0v) is 15.1. The quantitative estimate of drug-likeness (QED) is 0.851. The molecule has 2 aromatic carbocycles. The number of carbonyl (C=O) groups excluding carboxylic acids is 1. The van der Waals surface area contributed by atoms with Gasteiger partial charge in [-0.05, 0) is 53.0 Å². The summed E-state index contributed by atoms with van der Waals surface area (Å²) in [6, 6.07) is 14.4. The average molecular weight is 374 g/mol. The number of nitrogens with one attached hydrogen (secondary N) is 2. The number of carbonyl (C=O) groups is 1. The summed E-state index contributed by atoms with van der Waals surface area (Å²) in [5.74, 6) is 0.0731. The van der Waals surface area contributed by atoms with Crippen molar-refractivity contribution < 1.29 is 9.69 Å². The summed E-state index contributed by atoms with van der Waals surface area (Å²) < 4.78 is 0.928. The summed E-state index contributed by atoms with van der Waals surface area (Å²) in [5.41, 5.74) is 4.79. The Hall–Kier alpha value is -1.65. The van der Waals surface area contributed by atoms with Crippen LogP contribution in [0.3, 0.4) is 0 Å². The summed E-state index contributed by atoms with van der Waals surface area (Å²) >= 11 is 3.52. The number of quaternary nitrogens is 1. The number of fused-ring (bicyclic) bond motifs is 1. The van der Waals surface area contributed by atoms with E-state index >= 15 is 0 Å². The molecule has 3 nitrogen and oxygen atoms in total. The maximum Gasteiger partial charge on any atom is 0.282 e. The van der Waals surface area contributed by atoms with Gasteiger partial charge in [0.25, 0.3) is 5.91 Å². The van der Waals surface area contributed by atoms with Crippen molar-refractivity contribution in [2.24, 2.45) is 0 Å². The third-order valence-corrected chi connectivity index (χ3v) is 5.30. The van der Waals surface area contributed by atoms with Crippen LogP contribution in [-0.2, 0) is 17.8 Å². The summed E-state index contributed by atoms with van der Waals surface area (Å²) in [6.07, 6.45) is 1.04. The number of halogens is 1. The molecular formula is C19H22BrN2O+. The van der Waals surface area contributed by atoms with Crippen molar-refractivity contribution in [2.45, 2.75) is 32.9 Å². The lowest BCUT2D eigenvalue weighted by atomic mass is 9.99. The highest BCUT2D eigenvalue weighted by molar-refractivity contribution is 9.10. The standard InChI is InChI=1S/C19H21BrN2O/c1-13-7-8-18(17(20)11-13)21-19(23)14(2)22-10-9-15-5-3-4-6-16(15)12-22/h3-8,11,14H,9-10,12H2,1-2H3,(H,21,23)/p+1/t14-/m0/s1. The van der Waals surface area contributed by atoms with Crippen LogP contribution in [0.5, 0.6) is 0 Å². The zero-order chi connectivity index (χ0) is 16.4. The molecule has 0 radical (unpaired) electrons. The molecular weight excluding hydrogens is 352 g/mol. The fourth-order valence-electron chi connectivity index (χ4n) is 3.12. The number of hydrogen-bond donors (Lipinski definition) is 2. The number of rotatable bonds is 3. The van der Waals surface area contributed by atoms with Gasteiger partial charge in [-0.2, -0.15) is 0 Å². The van der Waals surface area contributed by atoms with Crippen molar-refractivity contribution >= 4 is 27.5 Å². The topological polar surface area (TPSA) is 33.5 Å². The van der Waals surface area contributed by atoms with Gasteiger partial charge in [0.15, 0.2) is 6.04 Å². The first-order valence-corrected chi connectivity index (χ1v) is 8.82. The normalized spacial score (nSPS) is 18.1. The number of hydrogen-bond acceptors (Lipinski definition) is 1.